The smallest absolute Gasteiger partial charge is 0.243 e. The second-order valence-electron chi connectivity index (χ2n) is 6.58. The van der Waals surface area contributed by atoms with Crippen LogP contribution in [0.1, 0.15) is 33.1 Å². The molecule has 1 saturated heterocycles. The van der Waals surface area contributed by atoms with Crippen molar-refractivity contribution in [1.29, 1.82) is 0 Å². The van der Waals surface area contributed by atoms with E-state index in [4.69, 9.17) is 4.74 Å². The third-order valence-corrected chi connectivity index (χ3v) is 6.42. The van der Waals surface area contributed by atoms with E-state index in [0.717, 1.165) is 32.4 Å². The van der Waals surface area contributed by atoms with Crippen molar-refractivity contribution in [1.82, 2.24) is 14.5 Å². The van der Waals surface area contributed by atoms with Gasteiger partial charge in [0.2, 0.25) is 15.9 Å². The van der Waals surface area contributed by atoms with Crippen molar-refractivity contribution < 1.29 is 17.9 Å². The van der Waals surface area contributed by atoms with Crippen LogP contribution in [0.4, 0.5) is 0 Å². The molecule has 0 spiro atoms. The van der Waals surface area contributed by atoms with Crippen LogP contribution in [0.2, 0.25) is 0 Å². The molecule has 0 saturated carbocycles. The molecule has 2 rings (SSSR count). The van der Waals surface area contributed by atoms with E-state index in [9.17, 15) is 13.2 Å². The van der Waals surface area contributed by atoms with Crippen molar-refractivity contribution in [2.24, 2.45) is 0 Å². The van der Waals surface area contributed by atoms with Crippen molar-refractivity contribution in [3.05, 3.63) is 24.3 Å². The highest BCUT2D eigenvalue weighted by molar-refractivity contribution is 7.89. The molecule has 8 heteroatoms. The molecule has 1 amide bonds. The van der Waals surface area contributed by atoms with Gasteiger partial charge in [-0.1, -0.05) is 19.8 Å². The first-order chi connectivity index (χ1) is 13.0. The average Bonchev–Trinajstić information content (AvgIpc) is 2.68. The van der Waals surface area contributed by atoms with Crippen LogP contribution in [0.25, 0.3) is 0 Å². The zero-order valence-electron chi connectivity index (χ0n) is 16.3. The minimum Gasteiger partial charge on any atom is -0.494 e. The van der Waals surface area contributed by atoms with Crippen LogP contribution in [0.15, 0.2) is 29.2 Å². The summed E-state index contributed by atoms with van der Waals surface area (Å²) in [6.07, 6.45) is 2.65. The summed E-state index contributed by atoms with van der Waals surface area (Å²) < 4.78 is 32.9. The third kappa shape index (κ3) is 6.19. The van der Waals surface area contributed by atoms with E-state index in [0.29, 0.717) is 32.0 Å². The van der Waals surface area contributed by atoms with Crippen molar-refractivity contribution in [3.8, 4) is 5.75 Å². The maximum Gasteiger partial charge on any atom is 0.243 e. The van der Waals surface area contributed by atoms with Gasteiger partial charge >= 0.3 is 0 Å². The monoisotopic (exact) mass is 397 g/mol. The zero-order valence-corrected chi connectivity index (χ0v) is 17.1. The summed E-state index contributed by atoms with van der Waals surface area (Å²) in [6.45, 7) is 7.42. The average molecular weight is 398 g/mol. The predicted molar refractivity (Wildman–Crippen MR) is 105 cm³/mol. The molecule has 152 valence electrons. The Hall–Kier alpha value is -1.64. The minimum absolute atomic E-state index is 0.112. The van der Waals surface area contributed by atoms with Crippen LogP contribution >= 0.6 is 0 Å². The van der Waals surface area contributed by atoms with E-state index in [-0.39, 0.29) is 17.3 Å². The van der Waals surface area contributed by atoms with Gasteiger partial charge in [-0.15, -0.1) is 0 Å². The number of unbranched alkanes of at least 4 members (excludes halogenated alkanes) is 2. The second-order valence-corrected chi connectivity index (χ2v) is 8.52. The number of rotatable bonds is 10. The summed E-state index contributed by atoms with van der Waals surface area (Å²) in [6, 6.07) is 6.39. The van der Waals surface area contributed by atoms with Gasteiger partial charge in [0, 0.05) is 32.7 Å². The number of nitrogens with one attached hydrogen (secondary N) is 1. The molecular weight excluding hydrogens is 366 g/mol. The van der Waals surface area contributed by atoms with Gasteiger partial charge in [-0.25, -0.2) is 8.42 Å². The number of sulfonamides is 1. The highest BCUT2D eigenvalue weighted by Gasteiger charge is 2.28. The molecule has 1 aromatic carbocycles. The molecule has 0 aromatic heterocycles. The summed E-state index contributed by atoms with van der Waals surface area (Å²) >= 11 is 0. The molecule has 0 atom stereocenters. The number of amides is 1. The lowest BCUT2D eigenvalue weighted by atomic mass is 10.2. The Morgan fingerprint density at radius 2 is 1.81 bits per heavy atom. The Balaban J connectivity index is 2.15. The van der Waals surface area contributed by atoms with Gasteiger partial charge in [-0.2, -0.15) is 4.31 Å². The molecule has 0 bridgehead atoms. The molecule has 1 aliphatic rings. The van der Waals surface area contributed by atoms with Crippen molar-refractivity contribution in [2.45, 2.75) is 38.0 Å². The number of nitrogens with zero attached hydrogens (tertiary/aromatic N) is 2. The van der Waals surface area contributed by atoms with Crippen molar-refractivity contribution >= 4 is 15.9 Å². The number of hydrogen-bond donors (Lipinski definition) is 1. The number of carbonyl (C=O) groups excluding carboxylic acids is 1. The number of hydrogen-bond acceptors (Lipinski definition) is 5. The van der Waals surface area contributed by atoms with E-state index in [1.807, 2.05) is 6.92 Å². The van der Waals surface area contributed by atoms with E-state index >= 15 is 0 Å². The Kier molecular flexibility index (Phi) is 8.53. The second kappa shape index (κ2) is 10.6. The zero-order chi connectivity index (χ0) is 19.7. The molecule has 1 aliphatic heterocycles. The number of carbonyl (C=O) groups is 1. The predicted octanol–water partition coefficient (Wildman–Crippen LogP) is 1.70. The summed E-state index contributed by atoms with van der Waals surface area (Å²) in [5, 5.41) is 3.20. The normalized spacial score (nSPS) is 15.1. The van der Waals surface area contributed by atoms with E-state index in [1.54, 1.807) is 29.2 Å². The molecule has 1 aromatic rings. The van der Waals surface area contributed by atoms with Gasteiger partial charge in [0.1, 0.15) is 5.75 Å². The maximum atomic E-state index is 13.1. The van der Waals surface area contributed by atoms with E-state index < -0.39 is 10.0 Å². The van der Waals surface area contributed by atoms with Gasteiger partial charge in [-0.05, 0) is 37.6 Å². The molecule has 0 unspecified atom stereocenters. The third-order valence-electron chi connectivity index (χ3n) is 4.56. The molecule has 27 heavy (non-hydrogen) atoms. The lowest BCUT2D eigenvalue weighted by molar-refractivity contribution is -0.131. The molecule has 7 nitrogen and oxygen atoms in total. The SMILES string of the molecule is CCCCCN(CC(=O)N1CCNCC1)S(=O)(=O)c1ccc(OCC)cc1. The lowest BCUT2D eigenvalue weighted by Gasteiger charge is -2.30. The van der Waals surface area contributed by atoms with Crippen molar-refractivity contribution in [2.75, 3.05) is 45.9 Å². The van der Waals surface area contributed by atoms with Crippen LogP contribution < -0.4 is 10.1 Å². The van der Waals surface area contributed by atoms with E-state index in [1.165, 1.54) is 4.31 Å². The summed E-state index contributed by atoms with van der Waals surface area (Å²) in [5.74, 6) is 0.494. The van der Waals surface area contributed by atoms with E-state index in [2.05, 4.69) is 12.2 Å². The van der Waals surface area contributed by atoms with Gasteiger partial charge in [0.05, 0.1) is 18.0 Å². The van der Waals surface area contributed by atoms with Crippen molar-refractivity contribution in [3.63, 3.8) is 0 Å². The summed E-state index contributed by atoms with van der Waals surface area (Å²) in [5.41, 5.74) is 0. The Labute approximate surface area is 162 Å². The number of piperazine rings is 1. The van der Waals surface area contributed by atoms with Gasteiger partial charge in [0.25, 0.3) is 0 Å². The molecular formula is C19H31N3O4S. The quantitative estimate of drug-likeness (QED) is 0.608. The standard InChI is InChI=1S/C19H31N3O4S/c1-3-5-6-13-22(16-19(23)21-14-11-20-12-15-21)27(24,25)18-9-7-17(8-10-18)26-4-2/h7-10,20H,3-6,11-16H2,1-2H3. The highest BCUT2D eigenvalue weighted by Crippen LogP contribution is 2.20. The fourth-order valence-corrected chi connectivity index (χ4v) is 4.44. The minimum atomic E-state index is -3.73. The number of benzene rings is 1. The molecule has 1 heterocycles. The van der Waals surface area contributed by atoms with Crippen LogP contribution in [0.5, 0.6) is 5.75 Å². The van der Waals surface area contributed by atoms with Gasteiger partial charge in [0.15, 0.2) is 0 Å². The summed E-state index contributed by atoms with van der Waals surface area (Å²) in [4.78, 5) is 14.6. The van der Waals surface area contributed by atoms with Crippen LogP contribution in [-0.4, -0.2) is 69.4 Å². The molecule has 1 N–H and O–H groups in total. The topological polar surface area (TPSA) is 79.0 Å². The molecule has 1 fully saturated rings. The van der Waals surface area contributed by atoms with Crippen LogP contribution in [-0.2, 0) is 14.8 Å². The number of ether oxygens (including phenoxy) is 1. The van der Waals surface area contributed by atoms with Crippen LogP contribution in [0.3, 0.4) is 0 Å². The maximum absolute atomic E-state index is 13.1. The highest BCUT2D eigenvalue weighted by atomic mass is 32.2. The first-order valence-corrected chi connectivity index (χ1v) is 11.1. The Morgan fingerprint density at radius 3 is 2.41 bits per heavy atom. The first-order valence-electron chi connectivity index (χ1n) is 9.70. The summed E-state index contributed by atoms with van der Waals surface area (Å²) in [7, 11) is -3.73. The fourth-order valence-electron chi connectivity index (χ4n) is 3.01. The van der Waals surface area contributed by atoms with Gasteiger partial charge < -0.3 is 15.0 Å². The Morgan fingerprint density at radius 1 is 1.15 bits per heavy atom. The molecule has 0 radical (unpaired) electrons. The largest absolute Gasteiger partial charge is 0.494 e. The van der Waals surface area contributed by atoms with Gasteiger partial charge in [-0.3, -0.25) is 4.79 Å². The first kappa shape index (κ1) is 21.7. The lowest BCUT2D eigenvalue weighted by Crippen LogP contribution is -2.50. The molecule has 0 aliphatic carbocycles. The van der Waals surface area contributed by atoms with Crippen LogP contribution in [0, 0.1) is 0 Å². The fraction of sp³-hybridized carbons (Fsp3) is 0.632. The Bertz CT molecular complexity index is 685.